The zero-order chi connectivity index (χ0) is 22.4. The lowest BCUT2D eigenvalue weighted by Crippen LogP contribution is -2.52. The standard InChI is InChI=1S/C11H14O3.C9H26O2Si3/c1-11(2,13)10(12)8-4-6-9(14-3)7-5-8;1-9-14(8,10-12(2,3)4)11-13(5,6)7/h4-7,13H,1-3H3;9H2,1-8H3. The van der Waals surface area contributed by atoms with Gasteiger partial charge in [0.25, 0.3) is 0 Å². The summed E-state index contributed by atoms with van der Waals surface area (Å²) in [6.45, 7) is 20.8. The van der Waals surface area contributed by atoms with Gasteiger partial charge >= 0.3 is 8.56 Å². The fourth-order valence-corrected chi connectivity index (χ4v) is 14.6. The molecule has 0 radical (unpaired) electrons. The van der Waals surface area contributed by atoms with E-state index in [4.69, 9.17) is 13.0 Å². The van der Waals surface area contributed by atoms with Gasteiger partial charge in [-0.15, -0.1) is 0 Å². The molecule has 1 rings (SSSR count). The van der Waals surface area contributed by atoms with Gasteiger partial charge in [0, 0.05) is 5.56 Å². The first-order chi connectivity index (χ1) is 12.4. The molecule has 1 aromatic rings. The minimum absolute atomic E-state index is 0.292. The summed E-state index contributed by atoms with van der Waals surface area (Å²) in [7, 11) is -3.22. The second-order valence-electron chi connectivity index (χ2n) is 9.53. The van der Waals surface area contributed by atoms with Crippen LogP contribution < -0.4 is 4.74 Å². The van der Waals surface area contributed by atoms with Crippen molar-refractivity contribution in [1.29, 1.82) is 0 Å². The molecule has 0 unspecified atom stereocenters. The van der Waals surface area contributed by atoms with Crippen molar-refractivity contribution in [3.05, 3.63) is 29.8 Å². The molecule has 0 fully saturated rings. The smallest absolute Gasteiger partial charge is 0.314 e. The first-order valence-corrected chi connectivity index (χ1v) is 19.1. The Morgan fingerprint density at radius 1 is 0.929 bits per heavy atom. The fourth-order valence-electron chi connectivity index (χ4n) is 2.56. The van der Waals surface area contributed by atoms with Crippen molar-refractivity contribution < 1.29 is 22.9 Å². The number of benzene rings is 1. The number of ketones is 1. The molecule has 0 saturated heterocycles. The molecular formula is C20H40O5Si3. The van der Waals surface area contributed by atoms with E-state index in [9.17, 15) is 9.90 Å². The zero-order valence-electron chi connectivity index (χ0n) is 19.6. The van der Waals surface area contributed by atoms with Crippen molar-refractivity contribution in [3.8, 4) is 5.75 Å². The molecule has 8 heteroatoms. The van der Waals surface area contributed by atoms with E-state index in [2.05, 4.69) is 52.8 Å². The predicted molar refractivity (Wildman–Crippen MR) is 125 cm³/mol. The highest BCUT2D eigenvalue weighted by Crippen LogP contribution is 2.23. The van der Waals surface area contributed by atoms with E-state index < -0.39 is 30.8 Å². The third kappa shape index (κ3) is 11.3. The Hall–Kier alpha value is -0.779. The molecule has 162 valence electrons. The van der Waals surface area contributed by atoms with Crippen molar-refractivity contribution >= 4 is 31.0 Å². The first kappa shape index (κ1) is 27.2. The van der Waals surface area contributed by atoms with Gasteiger partial charge in [-0.05, 0) is 90.0 Å². The second kappa shape index (κ2) is 10.3. The number of Topliss-reactive ketones (excluding diaryl/α,β-unsaturated/α-hetero) is 1. The van der Waals surface area contributed by atoms with Gasteiger partial charge in [-0.2, -0.15) is 0 Å². The number of aliphatic hydroxyl groups is 1. The number of hydrogen-bond donors (Lipinski definition) is 1. The van der Waals surface area contributed by atoms with Gasteiger partial charge in [0.1, 0.15) is 11.4 Å². The molecule has 0 bridgehead atoms. The molecule has 28 heavy (non-hydrogen) atoms. The quantitative estimate of drug-likeness (QED) is 0.428. The minimum atomic E-state index is -1.87. The van der Waals surface area contributed by atoms with Crippen LogP contribution in [0.15, 0.2) is 24.3 Å². The molecule has 0 saturated carbocycles. The van der Waals surface area contributed by atoms with Crippen molar-refractivity contribution in [2.45, 2.75) is 78.2 Å². The van der Waals surface area contributed by atoms with Crippen LogP contribution in [0.2, 0.25) is 51.9 Å². The van der Waals surface area contributed by atoms with Crippen LogP contribution in [-0.4, -0.2) is 48.8 Å². The van der Waals surface area contributed by atoms with Gasteiger partial charge in [-0.1, -0.05) is 6.92 Å². The van der Waals surface area contributed by atoms with Crippen molar-refractivity contribution in [2.75, 3.05) is 7.11 Å². The SMILES string of the molecule is CC[Si](C)(O[Si](C)(C)C)O[Si](C)(C)C.COc1ccc(C(=O)C(C)(C)O)cc1. The van der Waals surface area contributed by atoms with Gasteiger partial charge in [-0.25, -0.2) is 0 Å². The third-order valence-corrected chi connectivity index (χ3v) is 13.2. The van der Waals surface area contributed by atoms with Crippen LogP contribution in [-0.2, 0) is 8.23 Å². The second-order valence-corrected chi connectivity index (χ2v) is 22.6. The monoisotopic (exact) mass is 444 g/mol. The maximum absolute atomic E-state index is 11.6. The van der Waals surface area contributed by atoms with Crippen LogP contribution >= 0.6 is 0 Å². The zero-order valence-corrected chi connectivity index (χ0v) is 22.6. The van der Waals surface area contributed by atoms with E-state index in [1.165, 1.54) is 13.8 Å². The summed E-state index contributed by atoms with van der Waals surface area (Å²) in [6, 6.07) is 7.72. The highest BCUT2D eigenvalue weighted by Gasteiger charge is 2.38. The van der Waals surface area contributed by atoms with Crippen LogP contribution in [0.3, 0.4) is 0 Å². The normalized spacial score (nSPS) is 12.9. The number of carbonyl (C=O) groups excluding carboxylic acids is 1. The largest absolute Gasteiger partial charge is 0.497 e. The molecule has 0 heterocycles. The van der Waals surface area contributed by atoms with Crippen LogP contribution in [0.4, 0.5) is 0 Å². The third-order valence-electron chi connectivity index (χ3n) is 3.59. The Balaban J connectivity index is 0.000000521. The summed E-state index contributed by atoms with van der Waals surface area (Å²) < 4.78 is 17.4. The van der Waals surface area contributed by atoms with E-state index in [-0.39, 0.29) is 5.78 Å². The van der Waals surface area contributed by atoms with Gasteiger partial charge in [0.2, 0.25) is 0 Å². The predicted octanol–water partition coefficient (Wildman–Crippen LogP) is 5.43. The van der Waals surface area contributed by atoms with E-state index in [0.29, 0.717) is 11.3 Å². The topological polar surface area (TPSA) is 65.0 Å². The summed E-state index contributed by atoms with van der Waals surface area (Å²) >= 11 is 0. The molecule has 0 spiro atoms. The van der Waals surface area contributed by atoms with Gasteiger partial charge in [-0.3, -0.25) is 4.79 Å². The molecule has 0 aliphatic heterocycles. The summed E-state index contributed by atoms with van der Waals surface area (Å²) in [5, 5.41) is 9.49. The van der Waals surface area contributed by atoms with Gasteiger partial charge in [0.05, 0.1) is 7.11 Å². The maximum atomic E-state index is 11.6. The Morgan fingerprint density at radius 3 is 1.57 bits per heavy atom. The van der Waals surface area contributed by atoms with Crippen LogP contribution in [0.5, 0.6) is 5.75 Å². The van der Waals surface area contributed by atoms with E-state index in [1.807, 2.05) is 0 Å². The van der Waals surface area contributed by atoms with Crippen LogP contribution in [0.25, 0.3) is 0 Å². The highest BCUT2D eigenvalue weighted by molar-refractivity contribution is 6.87. The Morgan fingerprint density at radius 2 is 1.32 bits per heavy atom. The lowest BCUT2D eigenvalue weighted by atomic mass is 9.97. The molecule has 1 N–H and O–H groups in total. The summed E-state index contributed by atoms with van der Waals surface area (Å²) in [5.74, 6) is 0.400. The lowest BCUT2D eigenvalue weighted by molar-refractivity contribution is 0.0488. The molecule has 0 aliphatic carbocycles. The fraction of sp³-hybridized carbons (Fsp3) is 0.650. The number of hydrogen-bond acceptors (Lipinski definition) is 5. The van der Waals surface area contributed by atoms with E-state index >= 15 is 0 Å². The van der Waals surface area contributed by atoms with Crippen molar-refractivity contribution in [3.63, 3.8) is 0 Å². The Kier molecular flexibility index (Phi) is 10.0. The number of carbonyl (C=O) groups is 1. The molecule has 5 nitrogen and oxygen atoms in total. The van der Waals surface area contributed by atoms with E-state index in [0.717, 1.165) is 6.04 Å². The van der Waals surface area contributed by atoms with Crippen LogP contribution in [0, 0.1) is 0 Å². The average Bonchev–Trinajstić information content (AvgIpc) is 2.50. The van der Waals surface area contributed by atoms with Crippen LogP contribution in [0.1, 0.15) is 31.1 Å². The molecule has 0 aromatic heterocycles. The number of rotatable bonds is 8. The maximum Gasteiger partial charge on any atom is 0.314 e. The molecule has 0 atom stereocenters. The minimum Gasteiger partial charge on any atom is -0.497 e. The molecule has 1 aromatic carbocycles. The Bertz CT molecular complexity index is 595. The molecule has 0 aliphatic rings. The number of methoxy groups -OCH3 is 1. The molecule has 0 amide bonds. The Labute approximate surface area is 174 Å². The van der Waals surface area contributed by atoms with E-state index in [1.54, 1.807) is 31.4 Å². The van der Waals surface area contributed by atoms with Crippen molar-refractivity contribution in [1.82, 2.24) is 0 Å². The van der Waals surface area contributed by atoms with Gasteiger partial charge < -0.3 is 18.1 Å². The number of ether oxygens (including phenoxy) is 1. The first-order valence-electron chi connectivity index (χ1n) is 9.74. The molecular weight excluding hydrogens is 404 g/mol. The highest BCUT2D eigenvalue weighted by atomic mass is 28.5. The lowest BCUT2D eigenvalue weighted by Gasteiger charge is -2.37. The van der Waals surface area contributed by atoms with Gasteiger partial charge in [0.15, 0.2) is 22.4 Å². The summed E-state index contributed by atoms with van der Waals surface area (Å²) in [6.07, 6.45) is 0. The summed E-state index contributed by atoms with van der Waals surface area (Å²) in [4.78, 5) is 11.6. The van der Waals surface area contributed by atoms with Crippen molar-refractivity contribution in [2.24, 2.45) is 0 Å². The summed E-state index contributed by atoms with van der Waals surface area (Å²) in [5.41, 5.74) is -0.840. The average molecular weight is 445 g/mol.